The zero-order valence-corrected chi connectivity index (χ0v) is 11.4. The van der Waals surface area contributed by atoms with Gasteiger partial charge in [-0.25, -0.2) is 0 Å². The van der Waals surface area contributed by atoms with Gasteiger partial charge in [-0.1, -0.05) is 30.3 Å². The molecule has 2 atom stereocenters. The van der Waals surface area contributed by atoms with Gasteiger partial charge >= 0.3 is 0 Å². The molecule has 1 aromatic carbocycles. The second-order valence-corrected chi connectivity index (χ2v) is 7.43. The Morgan fingerprint density at radius 2 is 1.89 bits per heavy atom. The quantitative estimate of drug-likeness (QED) is 0.789. The van der Waals surface area contributed by atoms with E-state index >= 15 is 0 Å². The molecule has 0 aromatic heterocycles. The molecule has 18 heavy (non-hydrogen) atoms. The Morgan fingerprint density at radius 1 is 1.17 bits per heavy atom. The normalized spacial score (nSPS) is 28.9. The summed E-state index contributed by atoms with van der Waals surface area (Å²) in [6.07, 6.45) is 0.902. The van der Waals surface area contributed by atoms with Crippen LogP contribution >= 0.6 is 10.7 Å². The number of nitrogens with zero attached hydrogens (tertiary/aromatic N) is 2. The molecule has 2 saturated heterocycles. The van der Waals surface area contributed by atoms with E-state index in [1.807, 2.05) is 18.2 Å². The smallest absolute Gasteiger partial charge is 0.293 e. The van der Waals surface area contributed by atoms with Gasteiger partial charge in [0, 0.05) is 42.4 Å². The molecular formula is C12H15ClN2O2S. The fourth-order valence-corrected chi connectivity index (χ4v) is 4.36. The molecule has 6 heteroatoms. The van der Waals surface area contributed by atoms with Gasteiger partial charge in [0.1, 0.15) is 0 Å². The fraction of sp³-hybridized carbons (Fsp3) is 0.500. The summed E-state index contributed by atoms with van der Waals surface area (Å²) in [7, 11) is 1.87. The standard InChI is InChI=1S/C12H15ClN2O2S/c13-18(16,17)15-9-11-6-12(15)8-14(11)7-10-4-2-1-3-5-10/h1-5,11-12H,6-9H2/t11-,12-/m0/s1. The third-order valence-electron chi connectivity index (χ3n) is 3.81. The van der Waals surface area contributed by atoms with E-state index in [4.69, 9.17) is 10.7 Å². The van der Waals surface area contributed by atoms with Crippen LogP contribution in [0.15, 0.2) is 30.3 Å². The average molecular weight is 287 g/mol. The van der Waals surface area contributed by atoms with Crippen LogP contribution in [0.3, 0.4) is 0 Å². The minimum absolute atomic E-state index is 0.0567. The van der Waals surface area contributed by atoms with Crippen LogP contribution < -0.4 is 0 Å². The van der Waals surface area contributed by atoms with Crippen LogP contribution in [0.5, 0.6) is 0 Å². The minimum atomic E-state index is -3.55. The van der Waals surface area contributed by atoms with Crippen molar-refractivity contribution in [1.29, 1.82) is 0 Å². The highest BCUT2D eigenvalue weighted by Gasteiger charge is 2.47. The molecule has 98 valence electrons. The third-order valence-corrected chi connectivity index (χ3v) is 5.35. The maximum absolute atomic E-state index is 11.4. The van der Waals surface area contributed by atoms with E-state index in [0.717, 1.165) is 19.5 Å². The Labute approximate surface area is 112 Å². The van der Waals surface area contributed by atoms with E-state index in [9.17, 15) is 8.42 Å². The lowest BCUT2D eigenvalue weighted by Gasteiger charge is -2.31. The van der Waals surface area contributed by atoms with Crippen LogP contribution in [0.1, 0.15) is 12.0 Å². The van der Waals surface area contributed by atoms with Crippen molar-refractivity contribution in [1.82, 2.24) is 9.21 Å². The predicted molar refractivity (Wildman–Crippen MR) is 70.5 cm³/mol. The van der Waals surface area contributed by atoms with Crippen molar-refractivity contribution in [2.24, 2.45) is 0 Å². The van der Waals surface area contributed by atoms with Crippen LogP contribution in [0.25, 0.3) is 0 Å². The summed E-state index contributed by atoms with van der Waals surface area (Å²) in [6, 6.07) is 10.6. The molecule has 0 spiro atoms. The highest BCUT2D eigenvalue weighted by atomic mass is 35.7. The van der Waals surface area contributed by atoms with E-state index in [2.05, 4.69) is 17.0 Å². The Balaban J connectivity index is 1.68. The molecular weight excluding hydrogens is 272 g/mol. The van der Waals surface area contributed by atoms with E-state index in [1.165, 1.54) is 9.87 Å². The summed E-state index contributed by atoms with van der Waals surface area (Å²) in [5.74, 6) is 0. The molecule has 2 fully saturated rings. The number of benzene rings is 1. The SMILES string of the molecule is O=S(=O)(Cl)N1C[C@@H]2C[C@H]1CN2Cc1ccccc1. The van der Waals surface area contributed by atoms with Crippen molar-refractivity contribution in [2.45, 2.75) is 25.0 Å². The fourth-order valence-electron chi connectivity index (χ4n) is 2.99. The molecule has 2 aliphatic rings. The molecule has 4 nitrogen and oxygen atoms in total. The van der Waals surface area contributed by atoms with Crippen molar-refractivity contribution in [2.75, 3.05) is 13.1 Å². The Bertz CT molecular complexity index is 534. The number of halogens is 1. The highest BCUT2D eigenvalue weighted by molar-refractivity contribution is 8.11. The number of hydrogen-bond donors (Lipinski definition) is 0. The van der Waals surface area contributed by atoms with E-state index in [1.54, 1.807) is 0 Å². The van der Waals surface area contributed by atoms with Gasteiger partial charge in [0.05, 0.1) is 0 Å². The lowest BCUT2D eigenvalue weighted by Crippen LogP contribution is -2.46. The molecule has 0 unspecified atom stereocenters. The molecule has 2 bridgehead atoms. The second kappa shape index (κ2) is 4.49. The van der Waals surface area contributed by atoms with E-state index in [0.29, 0.717) is 12.6 Å². The molecule has 3 rings (SSSR count). The zero-order valence-electron chi connectivity index (χ0n) is 9.87. The predicted octanol–water partition coefficient (Wildman–Crippen LogP) is 1.43. The molecule has 0 aliphatic carbocycles. The average Bonchev–Trinajstić information content (AvgIpc) is 2.89. The number of hydrogen-bond acceptors (Lipinski definition) is 3. The van der Waals surface area contributed by atoms with Gasteiger partial charge in [0.15, 0.2) is 0 Å². The summed E-state index contributed by atoms with van der Waals surface area (Å²) < 4.78 is 24.2. The summed E-state index contributed by atoms with van der Waals surface area (Å²) in [4.78, 5) is 2.35. The lowest BCUT2D eigenvalue weighted by molar-refractivity contribution is 0.176. The van der Waals surface area contributed by atoms with Crippen molar-refractivity contribution in [3.05, 3.63) is 35.9 Å². The van der Waals surface area contributed by atoms with E-state index < -0.39 is 9.24 Å². The first-order valence-corrected chi connectivity index (χ1v) is 8.30. The molecule has 0 saturated carbocycles. The largest absolute Gasteiger partial charge is 0.300 e. The van der Waals surface area contributed by atoms with Gasteiger partial charge in [-0.05, 0) is 12.0 Å². The summed E-state index contributed by atoms with van der Waals surface area (Å²) in [5, 5.41) is 0. The zero-order chi connectivity index (χ0) is 12.8. The number of fused-ring (bicyclic) bond motifs is 2. The Hall–Kier alpha value is -0.620. The van der Waals surface area contributed by atoms with Gasteiger partial charge in [-0.2, -0.15) is 12.7 Å². The molecule has 0 amide bonds. The number of likely N-dealkylation sites (tertiary alicyclic amines) is 1. The van der Waals surface area contributed by atoms with Gasteiger partial charge in [0.25, 0.3) is 9.24 Å². The van der Waals surface area contributed by atoms with Crippen LogP contribution in [0.2, 0.25) is 0 Å². The molecule has 0 N–H and O–H groups in total. The first kappa shape index (κ1) is 12.4. The Kier molecular flexibility index (Phi) is 3.10. The number of rotatable bonds is 3. The van der Waals surface area contributed by atoms with Gasteiger partial charge in [0.2, 0.25) is 0 Å². The van der Waals surface area contributed by atoms with Crippen molar-refractivity contribution in [3.63, 3.8) is 0 Å². The van der Waals surface area contributed by atoms with Crippen LogP contribution in [-0.2, 0) is 15.8 Å². The maximum Gasteiger partial charge on any atom is 0.300 e. The Morgan fingerprint density at radius 3 is 2.44 bits per heavy atom. The van der Waals surface area contributed by atoms with Crippen LogP contribution in [0.4, 0.5) is 0 Å². The van der Waals surface area contributed by atoms with Crippen molar-refractivity contribution in [3.8, 4) is 0 Å². The summed E-state index contributed by atoms with van der Waals surface area (Å²) in [6.45, 7) is 2.20. The van der Waals surface area contributed by atoms with E-state index in [-0.39, 0.29) is 6.04 Å². The van der Waals surface area contributed by atoms with Gasteiger partial charge in [-0.15, -0.1) is 0 Å². The van der Waals surface area contributed by atoms with Crippen LogP contribution in [0, 0.1) is 0 Å². The monoisotopic (exact) mass is 286 g/mol. The second-order valence-electron chi connectivity index (χ2n) is 4.97. The third kappa shape index (κ3) is 2.28. The van der Waals surface area contributed by atoms with Gasteiger partial charge < -0.3 is 0 Å². The highest BCUT2D eigenvalue weighted by Crippen LogP contribution is 2.34. The first-order chi connectivity index (χ1) is 8.54. The first-order valence-electron chi connectivity index (χ1n) is 6.03. The van der Waals surface area contributed by atoms with Gasteiger partial charge in [-0.3, -0.25) is 4.90 Å². The molecule has 1 aromatic rings. The topological polar surface area (TPSA) is 40.6 Å². The molecule has 0 radical (unpaired) electrons. The van der Waals surface area contributed by atoms with Crippen molar-refractivity contribution < 1.29 is 8.42 Å². The lowest BCUT2D eigenvalue weighted by atomic mass is 10.2. The minimum Gasteiger partial charge on any atom is -0.293 e. The molecule has 2 heterocycles. The van der Waals surface area contributed by atoms with Crippen molar-refractivity contribution >= 4 is 19.9 Å². The molecule has 2 aliphatic heterocycles. The number of piperazine rings is 1. The maximum atomic E-state index is 11.4. The summed E-state index contributed by atoms with van der Waals surface area (Å²) >= 11 is 0. The van der Waals surface area contributed by atoms with Crippen LogP contribution in [-0.4, -0.2) is 42.8 Å². The summed E-state index contributed by atoms with van der Waals surface area (Å²) in [5.41, 5.74) is 1.27.